The highest BCUT2D eigenvalue weighted by atomic mass is 35.5. The molecule has 3 rings (SSSR count). The van der Waals surface area contributed by atoms with Crippen LogP contribution < -0.4 is 16.4 Å². The number of urea groups is 1. The standard InChI is InChI=1S/C11H18N2O3.C8H11NO2.C6H8O6.BH3O3.ClH/c1-4-11(6-5-7(2)3)8(14)12-10(16)13-9(11)15;9-4-3-6-1-2-7(10)8(11)5-6;7-1-2(8)5-3(9)4(10)6(11)12-5;2-1(3)4;/h7H,4-6H2,1-3H3,(H2,12,13,14,15,16);1-2,5,10-11H,3-4,9H2;2,5,7-10H,1H2;2-4H;1H/t;;2-,5?;;/m..0../s1. The van der Waals surface area contributed by atoms with Crippen molar-refractivity contribution in [2.24, 2.45) is 17.1 Å². The molecule has 1 unspecified atom stereocenters. The highest BCUT2D eigenvalue weighted by Crippen LogP contribution is 2.32. The number of nitrogens with two attached hydrogens (primary N) is 1. The normalized spacial score (nSPS) is 17.3. The monoisotopic (exact) mass is 653 g/mol. The topological polar surface area (TPSA) is 310 Å². The minimum absolute atomic E-state index is 0. The van der Waals surface area contributed by atoms with Gasteiger partial charge in [-0.15, -0.1) is 12.4 Å². The number of carbonyl (C=O) groups excluding carboxylic acids is 4. The van der Waals surface area contributed by atoms with Crippen molar-refractivity contribution in [3.8, 4) is 11.5 Å². The first-order chi connectivity index (χ1) is 20.0. The number of aliphatic hydroxyl groups is 4. The van der Waals surface area contributed by atoms with E-state index in [0.717, 1.165) is 12.0 Å². The SMILES string of the molecule is CCC1(CCC(C)C)C(=O)NC(=O)NC1=O.Cl.NCCc1ccc(O)c(O)c1.O=C1OC([C@@H](O)CO)C(O)=C1O.OB(O)O. The maximum Gasteiger partial charge on any atom is 0.631 e. The highest BCUT2D eigenvalue weighted by Gasteiger charge is 2.48. The average Bonchev–Trinajstić information content (AvgIpc) is 3.18. The van der Waals surface area contributed by atoms with Crippen LogP contribution in [0.5, 0.6) is 11.5 Å². The molecule has 1 saturated heterocycles. The van der Waals surface area contributed by atoms with Crippen LogP contribution in [0.4, 0.5) is 4.79 Å². The van der Waals surface area contributed by atoms with Crippen LogP contribution in [0, 0.1) is 11.3 Å². The Kier molecular flexibility index (Phi) is 19.6. The molecule has 13 N–H and O–H groups in total. The number of halogens is 1. The van der Waals surface area contributed by atoms with Crippen LogP contribution >= 0.6 is 12.4 Å². The van der Waals surface area contributed by atoms with E-state index in [1.54, 1.807) is 13.0 Å². The Morgan fingerprint density at radius 3 is 1.89 bits per heavy atom. The molecule has 0 aliphatic carbocycles. The quantitative estimate of drug-likeness (QED) is 0.0674. The second-order valence-corrected chi connectivity index (χ2v) is 9.62. The van der Waals surface area contributed by atoms with Gasteiger partial charge in [0.1, 0.15) is 11.5 Å². The molecule has 2 aliphatic rings. The molecule has 4 amide bonds. The first-order valence-corrected chi connectivity index (χ1v) is 13.0. The van der Waals surface area contributed by atoms with Gasteiger partial charge in [0.05, 0.1) is 6.61 Å². The van der Waals surface area contributed by atoms with Gasteiger partial charge in [0, 0.05) is 0 Å². The number of aromatic hydroxyl groups is 2. The summed E-state index contributed by atoms with van der Waals surface area (Å²) in [5.74, 6) is -3.48. The van der Waals surface area contributed by atoms with E-state index in [1.807, 2.05) is 13.8 Å². The summed E-state index contributed by atoms with van der Waals surface area (Å²) >= 11 is 0. The van der Waals surface area contributed by atoms with E-state index in [1.165, 1.54) is 12.1 Å². The largest absolute Gasteiger partial charge is 0.631 e. The van der Waals surface area contributed by atoms with E-state index in [-0.39, 0.29) is 23.9 Å². The van der Waals surface area contributed by atoms with Gasteiger partial charge in [-0.3, -0.25) is 20.2 Å². The Balaban J connectivity index is 0. The van der Waals surface area contributed by atoms with Crippen molar-refractivity contribution in [1.82, 2.24) is 10.6 Å². The number of hydrogen-bond acceptors (Lipinski definition) is 15. The van der Waals surface area contributed by atoms with Crippen LogP contribution in [-0.4, -0.2) is 102 Å². The molecule has 44 heavy (non-hydrogen) atoms. The number of amides is 4. The number of benzene rings is 1. The van der Waals surface area contributed by atoms with Gasteiger partial charge < -0.3 is 56.2 Å². The third-order valence-electron chi connectivity index (χ3n) is 6.02. The van der Waals surface area contributed by atoms with Gasteiger partial charge >= 0.3 is 19.3 Å². The Hall–Kier alpha value is -3.65. The van der Waals surface area contributed by atoms with Gasteiger partial charge in [-0.1, -0.05) is 26.8 Å². The first-order valence-electron chi connectivity index (χ1n) is 13.0. The number of imide groups is 2. The van der Waals surface area contributed by atoms with Crippen molar-refractivity contribution < 1.29 is 69.6 Å². The number of cyclic esters (lactones) is 1. The maximum atomic E-state index is 11.8. The van der Waals surface area contributed by atoms with Gasteiger partial charge in [0.25, 0.3) is 0 Å². The summed E-state index contributed by atoms with van der Waals surface area (Å²) in [7, 11) is -2.17. The average molecular weight is 654 g/mol. The summed E-state index contributed by atoms with van der Waals surface area (Å²) in [5.41, 5.74) is 5.17. The Morgan fingerprint density at radius 2 is 1.52 bits per heavy atom. The van der Waals surface area contributed by atoms with Crippen molar-refractivity contribution in [2.75, 3.05) is 13.2 Å². The zero-order chi connectivity index (χ0) is 33.5. The molecule has 0 radical (unpaired) electrons. The van der Waals surface area contributed by atoms with E-state index < -0.39 is 66.9 Å². The van der Waals surface area contributed by atoms with Crippen LogP contribution in [0.1, 0.15) is 45.6 Å². The Bertz CT molecular complexity index is 1110. The summed E-state index contributed by atoms with van der Waals surface area (Å²) in [5, 5.41) is 78.8. The molecule has 2 aliphatic heterocycles. The molecule has 1 aromatic carbocycles. The van der Waals surface area contributed by atoms with E-state index in [4.69, 9.17) is 51.4 Å². The summed E-state index contributed by atoms with van der Waals surface area (Å²) in [6.45, 7) is 5.73. The van der Waals surface area contributed by atoms with Crippen molar-refractivity contribution in [2.45, 2.75) is 58.7 Å². The van der Waals surface area contributed by atoms with Crippen LogP contribution in [-0.2, 0) is 25.5 Å². The van der Waals surface area contributed by atoms with E-state index >= 15 is 0 Å². The predicted molar refractivity (Wildman–Crippen MR) is 156 cm³/mol. The van der Waals surface area contributed by atoms with Gasteiger partial charge in [-0.2, -0.15) is 0 Å². The molecule has 250 valence electrons. The number of ether oxygens (including phenoxy) is 1. The molecule has 0 aromatic heterocycles. The number of esters is 1. The number of hydrogen-bond donors (Lipinski definition) is 12. The fraction of sp³-hybridized carbons (Fsp3) is 0.520. The smallest absolute Gasteiger partial charge is 0.505 e. The second kappa shape index (κ2) is 20.3. The van der Waals surface area contributed by atoms with E-state index in [9.17, 15) is 19.2 Å². The summed E-state index contributed by atoms with van der Waals surface area (Å²) in [4.78, 5) is 45.1. The van der Waals surface area contributed by atoms with Crippen molar-refractivity contribution in [1.29, 1.82) is 0 Å². The number of rotatable bonds is 8. The second-order valence-electron chi connectivity index (χ2n) is 9.62. The third kappa shape index (κ3) is 13.3. The van der Waals surface area contributed by atoms with Gasteiger partial charge in [0.2, 0.25) is 17.6 Å². The minimum Gasteiger partial charge on any atom is -0.505 e. The molecular formula is C25H41BClN3O14. The lowest BCUT2D eigenvalue weighted by Gasteiger charge is -2.33. The van der Waals surface area contributed by atoms with Crippen LogP contribution in [0.25, 0.3) is 0 Å². The summed E-state index contributed by atoms with van der Waals surface area (Å²) < 4.78 is 4.32. The van der Waals surface area contributed by atoms with Crippen LogP contribution in [0.3, 0.4) is 0 Å². The number of nitrogens with one attached hydrogen (secondary N) is 2. The zero-order valence-electron chi connectivity index (χ0n) is 24.3. The lowest BCUT2D eigenvalue weighted by Crippen LogP contribution is -2.62. The first kappa shape index (κ1) is 42.5. The van der Waals surface area contributed by atoms with E-state index in [2.05, 4.69) is 15.4 Å². The lowest BCUT2D eigenvalue weighted by molar-refractivity contribution is -0.148. The van der Waals surface area contributed by atoms with Crippen molar-refractivity contribution in [3.63, 3.8) is 0 Å². The predicted octanol–water partition coefficient (Wildman–Crippen LogP) is -1.25. The molecule has 0 saturated carbocycles. The number of phenols is 2. The van der Waals surface area contributed by atoms with Crippen molar-refractivity contribution in [3.05, 3.63) is 35.3 Å². The number of phenolic OH excluding ortho intramolecular Hbond substituents is 2. The molecule has 0 bridgehead atoms. The molecule has 2 heterocycles. The molecule has 0 spiro atoms. The molecule has 17 nitrogen and oxygen atoms in total. The molecular weight excluding hydrogens is 613 g/mol. The van der Waals surface area contributed by atoms with Crippen LogP contribution in [0.15, 0.2) is 29.7 Å². The lowest BCUT2D eigenvalue weighted by atomic mass is 9.76. The fourth-order valence-corrected chi connectivity index (χ4v) is 3.55. The molecule has 19 heteroatoms. The molecule has 1 fully saturated rings. The Morgan fingerprint density at radius 1 is 1.00 bits per heavy atom. The van der Waals surface area contributed by atoms with Crippen LogP contribution in [0.2, 0.25) is 0 Å². The van der Waals surface area contributed by atoms with Gasteiger partial charge in [-0.05, 0) is 55.8 Å². The summed E-state index contributed by atoms with van der Waals surface area (Å²) in [6.07, 6.45) is -0.394. The van der Waals surface area contributed by atoms with Gasteiger partial charge in [-0.25, -0.2) is 9.59 Å². The van der Waals surface area contributed by atoms with Crippen molar-refractivity contribution >= 4 is 43.5 Å². The number of barbiturate groups is 1. The maximum absolute atomic E-state index is 11.8. The number of aliphatic hydroxyl groups excluding tert-OH is 4. The zero-order valence-corrected chi connectivity index (χ0v) is 25.2. The highest BCUT2D eigenvalue weighted by molar-refractivity contribution is 6.30. The third-order valence-corrected chi connectivity index (χ3v) is 6.02. The molecule has 2 atom stereocenters. The number of carbonyl (C=O) groups is 4. The molecule has 1 aromatic rings. The Labute approximate surface area is 259 Å². The van der Waals surface area contributed by atoms with E-state index in [0.29, 0.717) is 31.7 Å². The minimum atomic E-state index is -2.17. The van der Waals surface area contributed by atoms with Gasteiger partial charge in [0.15, 0.2) is 23.4 Å². The fourth-order valence-electron chi connectivity index (χ4n) is 3.55. The summed E-state index contributed by atoms with van der Waals surface area (Å²) in [6, 6.07) is 3.99.